The number of pyridine rings is 2. The van der Waals surface area contributed by atoms with Crippen molar-refractivity contribution in [2.24, 2.45) is 11.8 Å². The molecule has 2 saturated carbocycles. The largest absolute Gasteiger partial charge is 0.505 e. The molecular weight excluding hydrogens is 1100 g/mol. The summed E-state index contributed by atoms with van der Waals surface area (Å²) in [6.07, 6.45) is 0.703. The number of esters is 2. The molecule has 2 saturated heterocycles. The summed E-state index contributed by atoms with van der Waals surface area (Å²) in [6.45, 7) is 8.20. The van der Waals surface area contributed by atoms with Crippen molar-refractivity contribution in [3.8, 4) is 11.5 Å². The van der Waals surface area contributed by atoms with Crippen LogP contribution < -0.4 is 21.3 Å². The Balaban J connectivity index is 1.21. The first-order chi connectivity index (χ1) is 38.8. The molecule has 2 aliphatic carbocycles. The molecule has 8 rings (SSSR count). The molecule has 12 atom stereocenters. The van der Waals surface area contributed by atoms with Gasteiger partial charge in [0.15, 0.2) is 11.4 Å². The number of nitrogens with one attached hydrogen (secondary N) is 4. The lowest BCUT2D eigenvalue weighted by Crippen LogP contribution is -2.61. The normalized spacial score (nSPS) is 29.5. The van der Waals surface area contributed by atoms with E-state index in [2.05, 4.69) is 31.2 Å². The second kappa shape index (κ2) is 24.0. The summed E-state index contributed by atoms with van der Waals surface area (Å²) in [5.74, 6) is -11.6. The van der Waals surface area contributed by atoms with Gasteiger partial charge >= 0.3 is 11.9 Å². The fourth-order valence-corrected chi connectivity index (χ4v) is 14.0. The number of aromatic hydroxyl groups is 2. The Morgan fingerprint density at radius 3 is 1.52 bits per heavy atom. The highest BCUT2D eigenvalue weighted by molar-refractivity contribution is 8.17. The molecule has 8 amide bonds. The third kappa shape index (κ3) is 11.7. The number of cyclic esters (lactones) is 2. The van der Waals surface area contributed by atoms with Crippen LogP contribution in [0.4, 0.5) is 0 Å². The van der Waals surface area contributed by atoms with Crippen molar-refractivity contribution in [3.05, 3.63) is 72.1 Å². The van der Waals surface area contributed by atoms with Gasteiger partial charge < -0.3 is 60.6 Å². The Morgan fingerprint density at radius 2 is 1.10 bits per heavy atom. The molecule has 0 radical (unpaired) electrons. The maximum absolute atomic E-state index is 15.7. The van der Waals surface area contributed by atoms with Crippen molar-refractivity contribution in [2.45, 2.75) is 118 Å². The fourth-order valence-electron chi connectivity index (χ4n) is 10.5. The molecule has 6 N–H and O–H groups in total. The molecule has 26 heteroatoms. The van der Waals surface area contributed by atoms with Crippen LogP contribution in [0.5, 0.6) is 11.5 Å². The monoisotopic (exact) mass is 1170 g/mol. The molecule has 2 aromatic carbocycles. The number of carbonyl (C=O) groups excluding carboxylic acids is 10. The standard InChI is InChI=1S/C56H68N10O14S2/c1-11-29(4)82-52-43-51(76)66(10)56(23-28(56)3)54(78)80-25-36(61-46(71)41-39(67)20-32-16-12-14-18-34(32)59-41)44(69)57-30(5)48(73)63(7)38(26-81-52)50(75)65(9)55(22-27(55)2)53(77)79-24-37(45(70)58-31(6)49(74)64(43)8)62-47(72)42-40(68)21-33-17-13-15-19-35(33)60-42/h12-21,27-31,36-38,43,52,67-68H,11,22-26H2,1-10H3,(H,57,69)(H,58,70)(H,61,71)(H,62,72)/t27-,28-,29-,30-,31+,36+,37-,38-,43+,52+,55-,56+/m0/s1. The highest BCUT2D eigenvalue weighted by Gasteiger charge is 2.66. The maximum atomic E-state index is 15.7. The van der Waals surface area contributed by atoms with E-state index in [1.54, 1.807) is 62.4 Å². The van der Waals surface area contributed by atoms with Gasteiger partial charge in [0.1, 0.15) is 72.0 Å². The summed E-state index contributed by atoms with van der Waals surface area (Å²) in [4.78, 5) is 160. The number of fused-ring (bicyclic) bond motifs is 6. The molecule has 2 aliphatic heterocycles. The van der Waals surface area contributed by atoms with Crippen molar-refractivity contribution >= 4 is 105 Å². The van der Waals surface area contributed by atoms with Gasteiger partial charge in [-0.25, -0.2) is 19.6 Å². The number of amides is 8. The van der Waals surface area contributed by atoms with Crippen molar-refractivity contribution in [3.63, 3.8) is 0 Å². The number of thioether (sulfide) groups is 2. The molecule has 82 heavy (non-hydrogen) atoms. The lowest BCUT2D eigenvalue weighted by molar-refractivity contribution is -0.161. The predicted octanol–water partition coefficient (Wildman–Crippen LogP) is 1.93. The number of likely N-dealkylation sites (N-methyl/N-ethyl adjacent to an activating group) is 4. The molecule has 0 unspecified atom stereocenters. The maximum Gasteiger partial charge on any atom is 0.332 e. The van der Waals surface area contributed by atoms with Crippen LogP contribution >= 0.6 is 23.5 Å². The van der Waals surface area contributed by atoms with Crippen LogP contribution in [0.25, 0.3) is 21.8 Å². The van der Waals surface area contributed by atoms with Gasteiger partial charge in [-0.2, -0.15) is 0 Å². The Bertz CT molecular complexity index is 3260. The Morgan fingerprint density at radius 1 is 0.683 bits per heavy atom. The van der Waals surface area contributed by atoms with Gasteiger partial charge in [-0.3, -0.25) is 38.4 Å². The van der Waals surface area contributed by atoms with Crippen molar-refractivity contribution < 1.29 is 67.6 Å². The van der Waals surface area contributed by atoms with E-state index < -0.39 is 159 Å². The van der Waals surface area contributed by atoms with Gasteiger partial charge in [-0.1, -0.05) is 64.1 Å². The van der Waals surface area contributed by atoms with E-state index in [1.165, 1.54) is 70.8 Å². The lowest BCUT2D eigenvalue weighted by Gasteiger charge is -2.40. The zero-order valence-corrected chi connectivity index (χ0v) is 48.7. The summed E-state index contributed by atoms with van der Waals surface area (Å²) in [7, 11) is 5.41. The van der Waals surface area contributed by atoms with E-state index in [1.807, 2.05) is 13.8 Å². The summed E-state index contributed by atoms with van der Waals surface area (Å²) in [5.41, 5.74) is -3.61. The zero-order chi connectivity index (χ0) is 59.9. The first kappa shape index (κ1) is 60.4. The fraction of sp³-hybridized carbons (Fsp3) is 0.500. The van der Waals surface area contributed by atoms with Crippen LogP contribution in [0.15, 0.2) is 60.7 Å². The summed E-state index contributed by atoms with van der Waals surface area (Å²) >= 11 is 2.37. The van der Waals surface area contributed by atoms with Gasteiger partial charge in [0.25, 0.3) is 11.8 Å². The molecule has 2 spiro atoms. The van der Waals surface area contributed by atoms with Crippen molar-refractivity contribution in [2.75, 3.05) is 47.2 Å². The third-order valence-corrected chi connectivity index (χ3v) is 19.3. The predicted molar refractivity (Wildman–Crippen MR) is 302 cm³/mol. The second-order valence-corrected chi connectivity index (χ2v) is 24.6. The molecule has 2 bridgehead atoms. The number of ether oxygens (including phenoxy) is 2. The third-order valence-electron chi connectivity index (χ3n) is 16.1. The zero-order valence-electron chi connectivity index (χ0n) is 47.1. The summed E-state index contributed by atoms with van der Waals surface area (Å²) < 4.78 is 10.7. The molecule has 4 aliphatic rings. The number of aromatic nitrogens is 2. The van der Waals surface area contributed by atoms with Crippen LogP contribution in [0.3, 0.4) is 0 Å². The van der Waals surface area contributed by atoms with Gasteiger partial charge in [-0.05, 0) is 69.2 Å². The first-order valence-corrected chi connectivity index (χ1v) is 28.9. The number of benzene rings is 2. The molecule has 4 fully saturated rings. The molecular formula is C56H68N10O14S2. The van der Waals surface area contributed by atoms with Gasteiger partial charge in [0.05, 0.1) is 15.6 Å². The van der Waals surface area contributed by atoms with E-state index in [9.17, 15) is 48.6 Å². The van der Waals surface area contributed by atoms with E-state index in [0.717, 1.165) is 26.5 Å². The number of hydrogen-bond acceptors (Lipinski definition) is 18. The van der Waals surface area contributed by atoms with Crippen LogP contribution in [0.1, 0.15) is 81.8 Å². The number of para-hydroxylation sites is 2. The Hall–Kier alpha value is -7.74. The van der Waals surface area contributed by atoms with E-state index >= 15 is 9.59 Å². The Labute approximate surface area is 481 Å². The second-order valence-electron chi connectivity index (χ2n) is 21.6. The number of rotatable bonds is 7. The molecule has 438 valence electrons. The van der Waals surface area contributed by atoms with Crippen molar-refractivity contribution in [1.82, 2.24) is 50.8 Å². The van der Waals surface area contributed by atoms with Crippen molar-refractivity contribution in [1.29, 1.82) is 0 Å². The number of nitrogens with zero attached hydrogens (tertiary/aromatic N) is 6. The minimum absolute atomic E-state index is 0.0686. The highest BCUT2D eigenvalue weighted by atomic mass is 32.2. The Kier molecular flexibility index (Phi) is 17.7. The number of hydrogen-bond donors (Lipinski definition) is 6. The van der Waals surface area contributed by atoms with Crippen LogP contribution in [0.2, 0.25) is 0 Å². The van der Waals surface area contributed by atoms with Crippen LogP contribution in [-0.4, -0.2) is 203 Å². The first-order valence-electron chi connectivity index (χ1n) is 26.9. The quantitative estimate of drug-likeness (QED) is 0.144. The SMILES string of the molecule is CC[C@H](C)S[C@H]1SC[C@H]2C(=O)N(C)[C@]3(C[C@@H]3C)C(=O)OC[C@H](NC(=O)c3nc4ccccc4cc3O)C(=O)N[C@H](C)C(=O)N(C)[C@@H]1C(=O)N(C)[C@@]1(C[C@@H]1C)C(=O)OC[C@@H](NC(=O)c1nc3ccccc3cc1O)C(=O)N[C@@H](C)C(=O)N2C. The molecule has 4 heterocycles. The van der Waals surface area contributed by atoms with E-state index in [0.29, 0.717) is 28.2 Å². The minimum atomic E-state index is -1.75. The summed E-state index contributed by atoms with van der Waals surface area (Å²) in [6, 6.07) is 6.60. The van der Waals surface area contributed by atoms with E-state index in [4.69, 9.17) is 9.47 Å². The molecule has 24 nitrogen and oxygen atoms in total. The highest BCUT2D eigenvalue weighted by Crippen LogP contribution is 2.51. The van der Waals surface area contributed by atoms with Gasteiger partial charge in [0.2, 0.25) is 35.4 Å². The van der Waals surface area contributed by atoms with Gasteiger partial charge in [-0.15, -0.1) is 23.5 Å². The lowest BCUT2D eigenvalue weighted by atomic mass is 10.1. The average molecular weight is 1170 g/mol. The van der Waals surface area contributed by atoms with Crippen LogP contribution in [-0.2, 0) is 47.8 Å². The van der Waals surface area contributed by atoms with E-state index in [-0.39, 0.29) is 23.8 Å². The molecule has 2 aromatic heterocycles. The number of carbonyl (C=O) groups is 10. The van der Waals surface area contributed by atoms with Crippen LogP contribution in [0, 0.1) is 11.8 Å². The average Bonchev–Trinajstić information content (AvgIpc) is 4.55. The molecule has 4 aromatic rings. The van der Waals surface area contributed by atoms with Gasteiger partial charge in [0, 0.05) is 50.0 Å². The topological polar surface area (TPSA) is 316 Å². The summed E-state index contributed by atoms with van der Waals surface area (Å²) in [5, 5.41) is 32.8. The smallest absolute Gasteiger partial charge is 0.332 e. The minimum Gasteiger partial charge on any atom is -0.505 e.